The van der Waals surface area contributed by atoms with Crippen molar-refractivity contribution in [2.24, 2.45) is 0 Å². The van der Waals surface area contributed by atoms with E-state index in [1.54, 1.807) is 0 Å². The van der Waals surface area contributed by atoms with E-state index in [1.165, 1.54) is 16.3 Å². The molecule has 0 heterocycles. The minimum absolute atomic E-state index is 0.535. The second kappa shape index (κ2) is 5.56. The fraction of sp³-hybridized carbons (Fsp3) is 0.0833. The van der Waals surface area contributed by atoms with E-state index in [1.807, 2.05) is 0 Å². The number of aryl methyl sites for hydroxylation is 1. The molecule has 1 N–H and O–H groups in total. The maximum Gasteiger partial charge on any atom is 0.325 e. The van der Waals surface area contributed by atoms with Gasteiger partial charge in [0.2, 0.25) is 0 Å². The predicted octanol–water partition coefficient (Wildman–Crippen LogP) is 2.21. The molecule has 2 aromatic rings. The van der Waals surface area contributed by atoms with Crippen molar-refractivity contribution in [2.45, 2.75) is 6.92 Å². The maximum absolute atomic E-state index is 9.19. The average molecular weight is 252 g/mol. The van der Waals surface area contributed by atoms with Crippen LogP contribution < -0.4 is 0 Å². The van der Waals surface area contributed by atoms with Gasteiger partial charge in [0.15, 0.2) is 0 Å². The van der Waals surface area contributed by atoms with Gasteiger partial charge in [-0.3, -0.25) is 9.35 Å². The lowest BCUT2D eigenvalue weighted by Crippen LogP contribution is -1.94. The summed E-state index contributed by atoms with van der Waals surface area (Å²) in [6.07, 6.45) is 0. The fourth-order valence-corrected chi connectivity index (χ4v) is 1.39. The third-order valence-electron chi connectivity index (χ3n) is 2.13. The highest BCUT2D eigenvalue weighted by atomic mass is 32.2. The zero-order valence-corrected chi connectivity index (χ0v) is 10.0. The molecule has 4 nitrogen and oxygen atoms in total. The second-order valence-corrected chi connectivity index (χ2v) is 4.63. The van der Waals surface area contributed by atoms with Gasteiger partial charge in [0.25, 0.3) is 5.62 Å². The van der Waals surface area contributed by atoms with Crippen molar-refractivity contribution in [3.8, 4) is 0 Å². The predicted molar refractivity (Wildman–Crippen MR) is 67.0 cm³/mol. The summed E-state index contributed by atoms with van der Waals surface area (Å²) in [6.45, 7) is 2.14. The molecule has 90 valence electrons. The first-order chi connectivity index (χ1) is 7.94. The lowest BCUT2D eigenvalue weighted by Gasteiger charge is -1.98. The SMILES string of the molecule is Cc1cccc2ccccc12.O=CS(=O)(=O)O. The van der Waals surface area contributed by atoms with Crippen molar-refractivity contribution >= 4 is 26.5 Å². The van der Waals surface area contributed by atoms with Gasteiger partial charge in [-0.05, 0) is 23.3 Å². The molecule has 0 radical (unpaired) electrons. The number of carbonyl (C=O) groups excluding carboxylic acids is 1. The van der Waals surface area contributed by atoms with Gasteiger partial charge in [0, 0.05) is 0 Å². The normalized spacial score (nSPS) is 10.5. The summed E-state index contributed by atoms with van der Waals surface area (Å²) in [5.74, 6) is 0. The van der Waals surface area contributed by atoms with E-state index in [9.17, 15) is 8.42 Å². The zero-order valence-electron chi connectivity index (χ0n) is 9.20. The summed E-state index contributed by atoms with van der Waals surface area (Å²) in [4.78, 5) is 8.99. The Kier molecular flexibility index (Phi) is 4.37. The van der Waals surface area contributed by atoms with E-state index in [0.29, 0.717) is 0 Å². The Morgan fingerprint density at radius 3 is 2.12 bits per heavy atom. The monoisotopic (exact) mass is 252 g/mol. The largest absolute Gasteiger partial charge is 0.325 e. The molecule has 2 rings (SSSR count). The van der Waals surface area contributed by atoms with Crippen LogP contribution >= 0.6 is 0 Å². The Morgan fingerprint density at radius 2 is 1.59 bits per heavy atom. The van der Waals surface area contributed by atoms with Crippen LogP contribution in [0.3, 0.4) is 0 Å². The molecule has 0 aliphatic heterocycles. The molecule has 0 aliphatic rings. The van der Waals surface area contributed by atoms with E-state index in [4.69, 9.17) is 9.35 Å². The molecule has 0 aromatic heterocycles. The molecule has 0 fully saturated rings. The highest BCUT2D eigenvalue weighted by Gasteiger charge is 1.94. The smallest absolute Gasteiger partial charge is 0.283 e. The number of rotatable bonds is 1. The van der Waals surface area contributed by atoms with Crippen LogP contribution in [0, 0.1) is 6.92 Å². The lowest BCUT2D eigenvalue weighted by molar-refractivity contribution is 0.487. The Balaban J connectivity index is 0.000000209. The quantitative estimate of drug-likeness (QED) is 0.624. The van der Waals surface area contributed by atoms with E-state index < -0.39 is 15.7 Å². The van der Waals surface area contributed by atoms with Crippen LogP contribution in [0.15, 0.2) is 42.5 Å². The summed E-state index contributed by atoms with van der Waals surface area (Å²) in [5, 5.41) is 2.68. The zero-order chi connectivity index (χ0) is 12.9. The molecule has 5 heteroatoms. The number of benzene rings is 2. The van der Waals surface area contributed by atoms with Crippen LogP contribution in [-0.2, 0) is 14.9 Å². The number of carbonyl (C=O) groups is 1. The summed E-state index contributed by atoms with van der Waals surface area (Å²) < 4.78 is 25.8. The van der Waals surface area contributed by atoms with E-state index in [2.05, 4.69) is 49.4 Å². The molecule has 0 amide bonds. The summed E-state index contributed by atoms with van der Waals surface area (Å²) >= 11 is 0. The second-order valence-electron chi connectivity index (χ2n) is 3.41. The standard InChI is InChI=1S/C11H10.CH2O4S/c1-9-5-4-7-10-6-2-3-8-11(9)10;2-1-6(3,4)5/h2-8H,1H3;1H,(H,3,4,5). The number of hydrogen-bond donors (Lipinski definition) is 1. The fourth-order valence-electron chi connectivity index (χ4n) is 1.39. The van der Waals surface area contributed by atoms with Gasteiger partial charge in [-0.25, -0.2) is 0 Å². The van der Waals surface area contributed by atoms with Crippen LogP contribution in [0.5, 0.6) is 0 Å². The van der Waals surface area contributed by atoms with E-state index in [-0.39, 0.29) is 0 Å². The molecule has 17 heavy (non-hydrogen) atoms. The van der Waals surface area contributed by atoms with Crippen molar-refractivity contribution < 1.29 is 17.8 Å². The highest BCUT2D eigenvalue weighted by molar-refractivity contribution is 7.99. The topological polar surface area (TPSA) is 71.4 Å². The van der Waals surface area contributed by atoms with Crippen molar-refractivity contribution in [1.82, 2.24) is 0 Å². The summed E-state index contributed by atoms with van der Waals surface area (Å²) in [7, 11) is -4.34. The van der Waals surface area contributed by atoms with Gasteiger partial charge < -0.3 is 0 Å². The lowest BCUT2D eigenvalue weighted by atomic mass is 10.1. The average Bonchev–Trinajstić information content (AvgIpc) is 2.30. The highest BCUT2D eigenvalue weighted by Crippen LogP contribution is 2.16. The van der Waals surface area contributed by atoms with Crippen LogP contribution in [-0.4, -0.2) is 18.6 Å². The number of hydrogen-bond acceptors (Lipinski definition) is 3. The Labute approximate surface area is 99.6 Å². The van der Waals surface area contributed by atoms with Gasteiger partial charge >= 0.3 is 10.1 Å². The van der Waals surface area contributed by atoms with Crippen molar-refractivity contribution in [1.29, 1.82) is 0 Å². The summed E-state index contributed by atoms with van der Waals surface area (Å²) in [6, 6.07) is 14.8. The molecule has 0 saturated carbocycles. The minimum Gasteiger partial charge on any atom is -0.283 e. The third kappa shape index (κ3) is 4.34. The molecule has 0 spiro atoms. The Bertz CT molecular complexity index is 600. The van der Waals surface area contributed by atoms with Crippen molar-refractivity contribution in [3.63, 3.8) is 0 Å². The first-order valence-corrected chi connectivity index (χ1v) is 6.31. The van der Waals surface area contributed by atoms with Crippen LogP contribution in [0.2, 0.25) is 0 Å². The van der Waals surface area contributed by atoms with Crippen LogP contribution in [0.25, 0.3) is 10.8 Å². The van der Waals surface area contributed by atoms with Crippen molar-refractivity contribution in [3.05, 3.63) is 48.0 Å². The molecule has 2 aromatic carbocycles. The van der Waals surface area contributed by atoms with Gasteiger partial charge in [-0.2, -0.15) is 8.42 Å². The van der Waals surface area contributed by atoms with Gasteiger partial charge in [0.05, 0.1) is 0 Å². The number of fused-ring (bicyclic) bond motifs is 1. The molecule has 0 atom stereocenters. The molecule has 0 unspecified atom stereocenters. The Morgan fingerprint density at radius 1 is 1.06 bits per heavy atom. The van der Waals surface area contributed by atoms with Crippen LogP contribution in [0.4, 0.5) is 0 Å². The van der Waals surface area contributed by atoms with Gasteiger partial charge in [0.1, 0.15) is 0 Å². The molecular formula is C12H12O4S. The molecular weight excluding hydrogens is 240 g/mol. The first-order valence-electron chi connectivity index (χ1n) is 4.81. The minimum atomic E-state index is -4.34. The van der Waals surface area contributed by atoms with Crippen LogP contribution in [0.1, 0.15) is 5.56 Å². The third-order valence-corrected chi connectivity index (χ3v) is 2.37. The Hall–Kier alpha value is -1.72. The summed E-state index contributed by atoms with van der Waals surface area (Å²) in [5.41, 5.74) is 0.815. The van der Waals surface area contributed by atoms with Gasteiger partial charge in [-0.1, -0.05) is 42.5 Å². The first kappa shape index (κ1) is 13.3. The van der Waals surface area contributed by atoms with E-state index in [0.717, 1.165) is 0 Å². The molecule has 0 saturated heterocycles. The molecule has 0 bridgehead atoms. The van der Waals surface area contributed by atoms with Gasteiger partial charge in [-0.15, -0.1) is 0 Å². The maximum atomic E-state index is 9.19. The molecule has 0 aliphatic carbocycles. The van der Waals surface area contributed by atoms with Crippen molar-refractivity contribution in [2.75, 3.05) is 0 Å². The van der Waals surface area contributed by atoms with E-state index >= 15 is 0 Å².